The number of nitrogens with one attached hydrogen (secondary N) is 1. The van der Waals surface area contributed by atoms with Crippen molar-refractivity contribution in [1.29, 1.82) is 0 Å². The van der Waals surface area contributed by atoms with Gasteiger partial charge in [-0.15, -0.1) is 0 Å². The van der Waals surface area contributed by atoms with E-state index in [4.69, 9.17) is 4.74 Å². The lowest BCUT2D eigenvalue weighted by Crippen LogP contribution is -1.94. The van der Waals surface area contributed by atoms with Gasteiger partial charge in [-0.05, 0) is 24.6 Å². The number of benzene rings is 2. The molecule has 0 aliphatic heterocycles. The molecule has 1 heterocycles. The summed E-state index contributed by atoms with van der Waals surface area (Å²) in [4.78, 5) is 0. The lowest BCUT2D eigenvalue weighted by atomic mass is 10.2. The molecule has 0 saturated heterocycles. The van der Waals surface area contributed by atoms with Crippen LogP contribution in [0.4, 0.5) is 0 Å². The number of aromatic nitrogens is 2. The van der Waals surface area contributed by atoms with Crippen molar-refractivity contribution in [3.8, 4) is 5.75 Å². The highest BCUT2D eigenvalue weighted by molar-refractivity contribution is 5.82. The minimum Gasteiger partial charge on any atom is -0.489 e. The van der Waals surface area contributed by atoms with Gasteiger partial charge in [0.15, 0.2) is 0 Å². The predicted molar refractivity (Wildman–Crippen MR) is 71.6 cm³/mol. The zero-order valence-corrected chi connectivity index (χ0v) is 10.2. The number of H-pyrrole nitrogens is 1. The second-order valence-corrected chi connectivity index (χ2v) is 4.30. The largest absolute Gasteiger partial charge is 0.489 e. The van der Waals surface area contributed by atoms with Gasteiger partial charge in [0, 0.05) is 17.1 Å². The molecule has 1 aromatic heterocycles. The van der Waals surface area contributed by atoms with Gasteiger partial charge in [-0.2, -0.15) is 5.10 Å². The molecule has 0 unspecified atom stereocenters. The molecule has 0 radical (unpaired) electrons. The summed E-state index contributed by atoms with van der Waals surface area (Å²) in [5, 5.41) is 8.34. The van der Waals surface area contributed by atoms with Crippen molar-refractivity contribution in [3.05, 3.63) is 59.8 Å². The topological polar surface area (TPSA) is 37.9 Å². The third kappa shape index (κ3) is 2.07. The van der Waals surface area contributed by atoms with Crippen LogP contribution in [-0.2, 0) is 6.61 Å². The van der Waals surface area contributed by atoms with Gasteiger partial charge in [0.25, 0.3) is 0 Å². The van der Waals surface area contributed by atoms with Crippen molar-refractivity contribution in [1.82, 2.24) is 10.2 Å². The van der Waals surface area contributed by atoms with Gasteiger partial charge in [0.2, 0.25) is 0 Å². The smallest absolute Gasteiger partial charge is 0.122 e. The highest BCUT2D eigenvalue weighted by Gasteiger charge is 2.03. The van der Waals surface area contributed by atoms with Gasteiger partial charge in [0.1, 0.15) is 12.4 Å². The Morgan fingerprint density at radius 3 is 2.78 bits per heavy atom. The average molecular weight is 238 g/mol. The van der Waals surface area contributed by atoms with Crippen molar-refractivity contribution < 1.29 is 4.74 Å². The molecule has 3 aromatic rings. The Morgan fingerprint density at radius 1 is 1.11 bits per heavy atom. The Bertz CT molecular complexity index is 659. The van der Waals surface area contributed by atoms with Gasteiger partial charge >= 0.3 is 0 Å². The van der Waals surface area contributed by atoms with E-state index in [-0.39, 0.29) is 0 Å². The number of hydrogen-bond donors (Lipinski definition) is 1. The van der Waals surface area contributed by atoms with Crippen LogP contribution >= 0.6 is 0 Å². The standard InChI is InChI=1S/C15H14N2O/c1-11-14-8-7-13(9-15(14)17-16-11)18-10-12-5-3-2-4-6-12/h2-9H,10H2,1H3,(H,16,17). The molecule has 0 aliphatic rings. The third-order valence-corrected chi connectivity index (χ3v) is 2.97. The maximum absolute atomic E-state index is 5.76. The lowest BCUT2D eigenvalue weighted by molar-refractivity contribution is 0.306. The van der Waals surface area contributed by atoms with E-state index < -0.39 is 0 Å². The second-order valence-electron chi connectivity index (χ2n) is 4.30. The highest BCUT2D eigenvalue weighted by atomic mass is 16.5. The summed E-state index contributed by atoms with van der Waals surface area (Å²) in [5.41, 5.74) is 3.19. The maximum atomic E-state index is 5.76. The molecule has 0 bridgehead atoms. The van der Waals surface area contributed by atoms with Crippen molar-refractivity contribution in [2.45, 2.75) is 13.5 Å². The average Bonchev–Trinajstić information content (AvgIpc) is 2.79. The number of rotatable bonds is 3. The van der Waals surface area contributed by atoms with Crippen LogP contribution in [0.5, 0.6) is 5.75 Å². The van der Waals surface area contributed by atoms with Crippen LogP contribution in [0.2, 0.25) is 0 Å². The normalized spacial score (nSPS) is 10.7. The molecule has 2 aromatic carbocycles. The molecular weight excluding hydrogens is 224 g/mol. The monoisotopic (exact) mass is 238 g/mol. The molecule has 18 heavy (non-hydrogen) atoms. The Hall–Kier alpha value is -2.29. The molecule has 0 amide bonds. The number of aryl methyl sites for hydroxylation is 1. The minimum absolute atomic E-state index is 0.579. The second kappa shape index (κ2) is 4.53. The zero-order valence-electron chi connectivity index (χ0n) is 10.2. The summed E-state index contributed by atoms with van der Waals surface area (Å²) in [6.07, 6.45) is 0. The van der Waals surface area contributed by atoms with Crippen molar-refractivity contribution in [3.63, 3.8) is 0 Å². The van der Waals surface area contributed by atoms with Crippen LogP contribution in [0.15, 0.2) is 48.5 Å². The molecule has 0 atom stereocenters. The Kier molecular flexibility index (Phi) is 2.73. The fourth-order valence-electron chi connectivity index (χ4n) is 1.96. The summed E-state index contributed by atoms with van der Waals surface area (Å²) >= 11 is 0. The van der Waals surface area contributed by atoms with Gasteiger partial charge < -0.3 is 4.74 Å². The van der Waals surface area contributed by atoms with Crippen molar-refractivity contribution in [2.24, 2.45) is 0 Å². The minimum atomic E-state index is 0.579. The van der Waals surface area contributed by atoms with E-state index in [9.17, 15) is 0 Å². The van der Waals surface area contributed by atoms with E-state index in [1.165, 1.54) is 0 Å². The maximum Gasteiger partial charge on any atom is 0.122 e. The molecule has 0 fully saturated rings. The number of ether oxygens (including phenoxy) is 1. The van der Waals surface area contributed by atoms with Crippen molar-refractivity contribution in [2.75, 3.05) is 0 Å². The third-order valence-electron chi connectivity index (χ3n) is 2.97. The van der Waals surface area contributed by atoms with Crippen LogP contribution in [0.1, 0.15) is 11.3 Å². The quantitative estimate of drug-likeness (QED) is 0.759. The van der Waals surface area contributed by atoms with Gasteiger partial charge in [-0.25, -0.2) is 0 Å². The van der Waals surface area contributed by atoms with Crippen LogP contribution in [0.3, 0.4) is 0 Å². The zero-order chi connectivity index (χ0) is 12.4. The van der Waals surface area contributed by atoms with E-state index in [0.717, 1.165) is 27.9 Å². The molecule has 0 aliphatic carbocycles. The van der Waals surface area contributed by atoms with E-state index in [0.29, 0.717) is 6.61 Å². The summed E-state index contributed by atoms with van der Waals surface area (Å²) in [5.74, 6) is 0.845. The fraction of sp³-hybridized carbons (Fsp3) is 0.133. The first kappa shape index (κ1) is 10.8. The van der Waals surface area contributed by atoms with E-state index in [1.54, 1.807) is 0 Å². The van der Waals surface area contributed by atoms with Gasteiger partial charge in [0.05, 0.1) is 5.52 Å². The fourth-order valence-corrected chi connectivity index (χ4v) is 1.96. The summed E-state index contributed by atoms with van der Waals surface area (Å²) < 4.78 is 5.76. The van der Waals surface area contributed by atoms with Crippen LogP contribution < -0.4 is 4.74 Å². The molecule has 3 nitrogen and oxygen atoms in total. The van der Waals surface area contributed by atoms with Crippen LogP contribution in [0, 0.1) is 6.92 Å². The molecule has 0 spiro atoms. The molecular formula is C15H14N2O. The van der Waals surface area contributed by atoms with E-state index >= 15 is 0 Å². The van der Waals surface area contributed by atoms with E-state index in [1.807, 2.05) is 43.3 Å². The van der Waals surface area contributed by atoms with Gasteiger partial charge in [-0.1, -0.05) is 30.3 Å². The number of aromatic amines is 1. The first-order valence-electron chi connectivity index (χ1n) is 5.94. The highest BCUT2D eigenvalue weighted by Crippen LogP contribution is 2.21. The molecule has 1 N–H and O–H groups in total. The summed E-state index contributed by atoms with van der Waals surface area (Å²) in [6.45, 7) is 2.59. The SMILES string of the molecule is Cc1[nH]nc2cc(OCc3ccccc3)ccc12. The molecule has 3 rings (SSSR count). The Morgan fingerprint density at radius 2 is 1.94 bits per heavy atom. The van der Waals surface area contributed by atoms with Crippen molar-refractivity contribution >= 4 is 10.9 Å². The number of hydrogen-bond acceptors (Lipinski definition) is 2. The first-order valence-corrected chi connectivity index (χ1v) is 5.94. The summed E-state index contributed by atoms with van der Waals surface area (Å²) in [7, 11) is 0. The predicted octanol–water partition coefficient (Wildman–Crippen LogP) is 3.45. The summed E-state index contributed by atoms with van der Waals surface area (Å²) in [6, 6.07) is 16.1. The first-order chi connectivity index (χ1) is 8.83. The number of fused-ring (bicyclic) bond motifs is 1. The lowest BCUT2D eigenvalue weighted by Gasteiger charge is -2.05. The van der Waals surface area contributed by atoms with Crippen LogP contribution in [0.25, 0.3) is 10.9 Å². The Labute approximate surface area is 105 Å². The van der Waals surface area contributed by atoms with E-state index in [2.05, 4.69) is 22.3 Å². The Balaban J connectivity index is 1.79. The molecule has 3 heteroatoms. The number of nitrogens with zero attached hydrogens (tertiary/aromatic N) is 1. The van der Waals surface area contributed by atoms with Crippen LogP contribution in [-0.4, -0.2) is 10.2 Å². The molecule has 0 saturated carbocycles. The van der Waals surface area contributed by atoms with Gasteiger partial charge in [-0.3, -0.25) is 5.10 Å². The molecule has 90 valence electrons.